The fourth-order valence-corrected chi connectivity index (χ4v) is 2.47. The Bertz CT molecular complexity index is 860. The predicted octanol–water partition coefficient (Wildman–Crippen LogP) is 2.21. The molecule has 0 spiro atoms. The Balaban J connectivity index is 2.18. The summed E-state index contributed by atoms with van der Waals surface area (Å²) in [5.41, 5.74) is 2.14. The van der Waals surface area contributed by atoms with Gasteiger partial charge < -0.3 is 0 Å². The fraction of sp³-hybridized carbons (Fsp3) is 0. The molecule has 2 N–H and O–H groups in total. The van der Waals surface area contributed by atoms with E-state index in [0.717, 1.165) is 4.90 Å². The van der Waals surface area contributed by atoms with E-state index in [0.29, 0.717) is 0 Å². The van der Waals surface area contributed by atoms with Gasteiger partial charge in [0.2, 0.25) is 0 Å². The molecule has 3 rings (SSSR count). The van der Waals surface area contributed by atoms with Crippen LogP contribution in [0.4, 0.5) is 11.5 Å². The number of benzene rings is 1. The third-order valence-corrected chi connectivity index (χ3v) is 3.53. The predicted molar refractivity (Wildman–Crippen MR) is 77.0 cm³/mol. The van der Waals surface area contributed by atoms with E-state index in [2.05, 4.69) is 4.98 Å². The molecule has 8 heteroatoms. The quantitative estimate of drug-likeness (QED) is 0.650. The van der Waals surface area contributed by atoms with E-state index in [1.165, 1.54) is 30.5 Å². The first kappa shape index (κ1) is 14.0. The number of fused-ring (bicyclic) bond motifs is 1. The number of aromatic nitrogens is 1. The van der Waals surface area contributed by atoms with Crippen LogP contribution in [-0.2, 0) is 0 Å². The van der Waals surface area contributed by atoms with Crippen molar-refractivity contribution in [1.82, 2.24) is 4.98 Å². The molecule has 0 radical (unpaired) electrons. The van der Waals surface area contributed by atoms with Crippen LogP contribution in [0.15, 0.2) is 30.5 Å². The smallest absolute Gasteiger partial charge is 0.269 e. The maximum Gasteiger partial charge on any atom is 0.269 e. The summed E-state index contributed by atoms with van der Waals surface area (Å²) in [4.78, 5) is 29.8. The number of carbonyl (C=O) groups is 2. The number of amides is 2. The summed E-state index contributed by atoms with van der Waals surface area (Å²) in [6, 6.07) is 7.46. The summed E-state index contributed by atoms with van der Waals surface area (Å²) in [6.07, 6.45) is 1.32. The van der Waals surface area contributed by atoms with Gasteiger partial charge >= 0.3 is 0 Å². The number of pyridine rings is 1. The highest BCUT2D eigenvalue weighted by Gasteiger charge is 2.41. The van der Waals surface area contributed by atoms with E-state index in [1.807, 2.05) is 11.5 Å². The van der Waals surface area contributed by atoms with Crippen LogP contribution < -0.4 is 10.4 Å². The Morgan fingerprint density at radius 3 is 2.64 bits per heavy atom. The van der Waals surface area contributed by atoms with E-state index in [9.17, 15) is 9.59 Å². The van der Waals surface area contributed by atoms with Gasteiger partial charge in [-0.1, -0.05) is 11.6 Å². The van der Waals surface area contributed by atoms with E-state index in [-0.39, 0.29) is 33.2 Å². The molecule has 2 heterocycles. The summed E-state index contributed by atoms with van der Waals surface area (Å²) >= 11 is 5.99. The lowest BCUT2D eigenvalue weighted by molar-refractivity contribution is 0.0925. The molecule has 108 valence electrons. The first-order valence-electron chi connectivity index (χ1n) is 6.06. The van der Waals surface area contributed by atoms with Crippen LogP contribution in [0.5, 0.6) is 0 Å². The molecular formula is C14H7ClN4O3. The van der Waals surface area contributed by atoms with Crippen molar-refractivity contribution < 1.29 is 14.8 Å². The summed E-state index contributed by atoms with van der Waals surface area (Å²) in [5, 5.41) is 18.1. The standard InChI is InChI=1S/C14H7ClN4O3/c15-8-1-2-9(18-22)12-11(8)13(20)19(14(12)21)10-5-7(6-16)3-4-17-10/h1-5,18,22H. The summed E-state index contributed by atoms with van der Waals surface area (Å²) in [7, 11) is 0. The van der Waals surface area contributed by atoms with E-state index in [1.54, 1.807) is 0 Å². The zero-order chi connectivity index (χ0) is 15.9. The van der Waals surface area contributed by atoms with E-state index >= 15 is 0 Å². The zero-order valence-corrected chi connectivity index (χ0v) is 11.6. The second-order valence-corrected chi connectivity index (χ2v) is 4.82. The number of carbonyl (C=O) groups excluding carboxylic acids is 2. The molecule has 1 aliphatic rings. The SMILES string of the molecule is N#Cc1ccnc(N2C(=O)c3c(Cl)ccc(NO)c3C2=O)c1. The average Bonchev–Trinajstić information content (AvgIpc) is 2.80. The van der Waals surface area contributed by atoms with Crippen molar-refractivity contribution in [3.63, 3.8) is 0 Å². The lowest BCUT2D eigenvalue weighted by Crippen LogP contribution is -2.30. The maximum absolute atomic E-state index is 12.5. The Hall–Kier alpha value is -2.95. The number of hydrogen-bond acceptors (Lipinski definition) is 6. The van der Waals surface area contributed by atoms with E-state index in [4.69, 9.17) is 22.1 Å². The van der Waals surface area contributed by atoms with Gasteiger partial charge in [0.05, 0.1) is 33.5 Å². The van der Waals surface area contributed by atoms with Crippen molar-refractivity contribution in [1.29, 1.82) is 5.26 Å². The van der Waals surface area contributed by atoms with Crippen LogP contribution in [0.1, 0.15) is 26.3 Å². The van der Waals surface area contributed by atoms with Crippen LogP contribution in [0.3, 0.4) is 0 Å². The largest absolute Gasteiger partial charge is 0.291 e. The molecule has 2 aromatic rings. The van der Waals surface area contributed by atoms with Gasteiger partial charge in [-0.2, -0.15) is 5.26 Å². The molecule has 1 aliphatic heterocycles. The molecule has 1 aromatic heterocycles. The third kappa shape index (κ3) is 1.90. The van der Waals surface area contributed by atoms with Gasteiger partial charge in [0, 0.05) is 6.20 Å². The number of hydrogen-bond donors (Lipinski definition) is 2. The normalized spacial score (nSPS) is 13.0. The minimum atomic E-state index is -0.679. The molecular weight excluding hydrogens is 308 g/mol. The van der Waals surface area contributed by atoms with Gasteiger partial charge in [-0.3, -0.25) is 20.3 Å². The molecule has 0 saturated heterocycles. The van der Waals surface area contributed by atoms with Crippen molar-refractivity contribution >= 4 is 34.9 Å². The van der Waals surface area contributed by atoms with Gasteiger partial charge in [0.25, 0.3) is 11.8 Å². The van der Waals surface area contributed by atoms with Crippen molar-refractivity contribution in [3.05, 3.63) is 52.2 Å². The highest BCUT2D eigenvalue weighted by atomic mass is 35.5. The highest BCUT2D eigenvalue weighted by Crippen LogP contribution is 2.36. The lowest BCUT2D eigenvalue weighted by Gasteiger charge is -2.12. The number of nitrogens with zero attached hydrogens (tertiary/aromatic N) is 3. The van der Waals surface area contributed by atoms with Crippen LogP contribution in [0.2, 0.25) is 5.02 Å². The van der Waals surface area contributed by atoms with Crippen LogP contribution in [-0.4, -0.2) is 22.0 Å². The number of imide groups is 1. The molecule has 0 fully saturated rings. The Morgan fingerprint density at radius 1 is 1.23 bits per heavy atom. The first-order chi connectivity index (χ1) is 10.6. The molecule has 0 aliphatic carbocycles. The second-order valence-electron chi connectivity index (χ2n) is 4.42. The molecule has 0 atom stereocenters. The van der Waals surface area contributed by atoms with Crippen LogP contribution in [0.25, 0.3) is 0 Å². The number of halogens is 1. The fourth-order valence-electron chi connectivity index (χ4n) is 2.24. The molecule has 0 unspecified atom stereocenters. The minimum Gasteiger partial charge on any atom is -0.291 e. The summed E-state index contributed by atoms with van der Waals surface area (Å²) in [5.74, 6) is -1.32. The molecule has 0 saturated carbocycles. The van der Waals surface area contributed by atoms with Crippen LogP contribution >= 0.6 is 11.6 Å². The monoisotopic (exact) mass is 314 g/mol. The van der Waals surface area contributed by atoms with Gasteiger partial charge in [-0.25, -0.2) is 9.88 Å². The number of nitriles is 1. The molecule has 0 bridgehead atoms. The number of nitrogens with one attached hydrogen (secondary N) is 1. The topological polar surface area (TPSA) is 106 Å². The molecule has 7 nitrogen and oxygen atoms in total. The average molecular weight is 315 g/mol. The van der Waals surface area contributed by atoms with Gasteiger partial charge in [-0.05, 0) is 24.3 Å². The van der Waals surface area contributed by atoms with E-state index < -0.39 is 11.8 Å². The van der Waals surface area contributed by atoms with Crippen LogP contribution in [0, 0.1) is 11.3 Å². The van der Waals surface area contributed by atoms with Crippen molar-refractivity contribution in [2.45, 2.75) is 0 Å². The third-order valence-electron chi connectivity index (χ3n) is 3.21. The summed E-state index contributed by atoms with van der Waals surface area (Å²) < 4.78 is 0. The van der Waals surface area contributed by atoms with Gasteiger partial charge in [-0.15, -0.1) is 0 Å². The Morgan fingerprint density at radius 2 is 1.95 bits per heavy atom. The van der Waals surface area contributed by atoms with Crippen molar-refractivity contribution in [3.8, 4) is 6.07 Å². The highest BCUT2D eigenvalue weighted by molar-refractivity contribution is 6.42. The molecule has 22 heavy (non-hydrogen) atoms. The minimum absolute atomic E-state index is 0.0186. The second kappa shape index (κ2) is 5.11. The number of rotatable bonds is 2. The first-order valence-corrected chi connectivity index (χ1v) is 6.44. The Kier molecular flexibility index (Phi) is 3.25. The van der Waals surface area contributed by atoms with Gasteiger partial charge in [0.15, 0.2) is 0 Å². The number of anilines is 2. The molecule has 1 aromatic carbocycles. The molecule has 2 amide bonds. The van der Waals surface area contributed by atoms with Gasteiger partial charge in [0.1, 0.15) is 5.82 Å². The maximum atomic E-state index is 12.5. The summed E-state index contributed by atoms with van der Waals surface area (Å²) in [6.45, 7) is 0. The Labute approximate surface area is 129 Å². The lowest BCUT2D eigenvalue weighted by atomic mass is 10.1. The van der Waals surface area contributed by atoms with Crippen molar-refractivity contribution in [2.75, 3.05) is 10.4 Å². The zero-order valence-electron chi connectivity index (χ0n) is 10.9. The van der Waals surface area contributed by atoms with Crippen molar-refractivity contribution in [2.24, 2.45) is 0 Å².